The van der Waals surface area contributed by atoms with Gasteiger partial charge in [0.25, 0.3) is 0 Å². The van der Waals surface area contributed by atoms with Crippen molar-refractivity contribution in [3.05, 3.63) is 35.9 Å². The van der Waals surface area contributed by atoms with Gasteiger partial charge in [-0.25, -0.2) is 0 Å². The Kier molecular flexibility index (Phi) is 5.37. The van der Waals surface area contributed by atoms with Gasteiger partial charge in [0.2, 0.25) is 11.8 Å². The number of nitrogens with zero attached hydrogens (tertiary/aromatic N) is 2. The van der Waals surface area contributed by atoms with E-state index in [-0.39, 0.29) is 11.8 Å². The molecule has 1 aromatic carbocycles. The first-order chi connectivity index (χ1) is 12.4. The van der Waals surface area contributed by atoms with Crippen LogP contribution in [0.4, 0.5) is 0 Å². The average molecular weight is 357 g/mol. The van der Waals surface area contributed by atoms with Crippen molar-refractivity contribution >= 4 is 11.8 Å². The van der Waals surface area contributed by atoms with E-state index in [1.807, 2.05) is 30.0 Å². The van der Waals surface area contributed by atoms with Crippen molar-refractivity contribution in [3.63, 3.8) is 0 Å². The van der Waals surface area contributed by atoms with Crippen molar-refractivity contribution in [2.24, 2.45) is 11.1 Å². The van der Waals surface area contributed by atoms with Crippen molar-refractivity contribution in [2.45, 2.75) is 44.4 Å². The van der Waals surface area contributed by atoms with Crippen LogP contribution in [0.5, 0.6) is 0 Å². The van der Waals surface area contributed by atoms with Crippen LogP contribution in [-0.2, 0) is 15.0 Å². The zero-order chi connectivity index (χ0) is 18.8. The van der Waals surface area contributed by atoms with Crippen molar-refractivity contribution in [1.29, 1.82) is 0 Å². The van der Waals surface area contributed by atoms with Gasteiger partial charge in [0.05, 0.1) is 10.8 Å². The molecule has 0 spiro atoms. The highest BCUT2D eigenvalue weighted by molar-refractivity contribution is 5.90. The van der Waals surface area contributed by atoms with Gasteiger partial charge >= 0.3 is 0 Å². The SMILES string of the molecule is CC[C@@]1(C(N)=O)CCCN(C(=O)C2(c3ccccc3)CCN(C)CC2)C1. The Morgan fingerprint density at radius 1 is 1.08 bits per heavy atom. The Labute approximate surface area is 156 Å². The highest BCUT2D eigenvalue weighted by atomic mass is 16.2. The van der Waals surface area contributed by atoms with Crippen molar-refractivity contribution in [3.8, 4) is 0 Å². The molecule has 0 aromatic heterocycles. The number of carbonyl (C=O) groups excluding carboxylic acids is 2. The van der Waals surface area contributed by atoms with Crippen molar-refractivity contribution in [2.75, 3.05) is 33.2 Å². The van der Waals surface area contributed by atoms with Crippen LogP contribution >= 0.6 is 0 Å². The van der Waals surface area contributed by atoms with E-state index in [1.165, 1.54) is 0 Å². The predicted molar refractivity (Wildman–Crippen MR) is 103 cm³/mol. The largest absolute Gasteiger partial charge is 0.369 e. The molecule has 2 fully saturated rings. The Bertz CT molecular complexity index is 652. The molecule has 2 saturated heterocycles. The summed E-state index contributed by atoms with van der Waals surface area (Å²) in [6.45, 7) is 4.99. The van der Waals surface area contributed by atoms with Gasteiger partial charge in [0.1, 0.15) is 0 Å². The van der Waals surface area contributed by atoms with Gasteiger partial charge < -0.3 is 15.5 Å². The second kappa shape index (κ2) is 7.39. The molecule has 3 rings (SSSR count). The van der Waals surface area contributed by atoms with Crippen LogP contribution < -0.4 is 5.73 Å². The second-order valence-electron chi connectivity index (χ2n) is 8.08. The number of hydrogen-bond donors (Lipinski definition) is 1. The fraction of sp³-hybridized carbons (Fsp3) is 0.619. The van der Waals surface area contributed by atoms with Gasteiger partial charge in [-0.05, 0) is 57.8 Å². The number of hydrogen-bond acceptors (Lipinski definition) is 3. The molecule has 2 amide bonds. The first-order valence-electron chi connectivity index (χ1n) is 9.77. The second-order valence-corrected chi connectivity index (χ2v) is 8.08. The molecule has 1 atom stereocenters. The number of carbonyl (C=O) groups is 2. The minimum atomic E-state index is -0.572. The van der Waals surface area contributed by atoms with Gasteiger partial charge in [-0.15, -0.1) is 0 Å². The maximum atomic E-state index is 13.8. The zero-order valence-electron chi connectivity index (χ0n) is 16.0. The Balaban J connectivity index is 1.92. The van der Waals surface area contributed by atoms with E-state index in [9.17, 15) is 9.59 Å². The molecule has 0 bridgehead atoms. The van der Waals surface area contributed by atoms with Crippen LogP contribution in [0, 0.1) is 5.41 Å². The van der Waals surface area contributed by atoms with Crippen LogP contribution in [0.15, 0.2) is 30.3 Å². The third-order valence-electron chi connectivity index (χ3n) is 6.64. The Hall–Kier alpha value is -1.88. The summed E-state index contributed by atoms with van der Waals surface area (Å²) in [5.41, 5.74) is 5.78. The lowest BCUT2D eigenvalue weighted by atomic mass is 9.70. The number of amides is 2. The van der Waals surface area contributed by atoms with E-state index in [0.717, 1.165) is 50.9 Å². The zero-order valence-corrected chi connectivity index (χ0v) is 16.0. The fourth-order valence-corrected chi connectivity index (χ4v) is 4.66. The maximum Gasteiger partial charge on any atom is 0.233 e. The highest BCUT2D eigenvalue weighted by Crippen LogP contribution is 2.40. The third kappa shape index (κ3) is 3.25. The molecule has 5 heteroatoms. The van der Waals surface area contributed by atoms with Gasteiger partial charge in [0, 0.05) is 13.1 Å². The molecule has 5 nitrogen and oxygen atoms in total. The van der Waals surface area contributed by atoms with Crippen LogP contribution in [-0.4, -0.2) is 54.8 Å². The quantitative estimate of drug-likeness (QED) is 0.898. The summed E-state index contributed by atoms with van der Waals surface area (Å²) in [6.07, 6.45) is 3.95. The summed E-state index contributed by atoms with van der Waals surface area (Å²) in [6, 6.07) is 10.2. The fourth-order valence-electron chi connectivity index (χ4n) is 4.66. The molecule has 2 heterocycles. The van der Waals surface area contributed by atoms with Crippen LogP contribution in [0.2, 0.25) is 0 Å². The van der Waals surface area contributed by atoms with E-state index in [4.69, 9.17) is 5.73 Å². The summed E-state index contributed by atoms with van der Waals surface area (Å²) >= 11 is 0. The average Bonchev–Trinajstić information content (AvgIpc) is 2.69. The highest BCUT2D eigenvalue weighted by Gasteiger charge is 2.48. The summed E-state index contributed by atoms with van der Waals surface area (Å²) in [4.78, 5) is 30.1. The lowest BCUT2D eigenvalue weighted by molar-refractivity contribution is -0.146. The third-order valence-corrected chi connectivity index (χ3v) is 6.64. The standard InChI is InChI=1S/C21H31N3O2/c1-3-20(18(22)25)10-7-13-24(16-20)19(26)21(11-14-23(2)15-12-21)17-8-5-4-6-9-17/h4-6,8-9H,3,7,10-16H2,1-2H3,(H2,22,25)/t20-/m1/s1. The summed E-state index contributed by atoms with van der Waals surface area (Å²) in [5, 5.41) is 0. The summed E-state index contributed by atoms with van der Waals surface area (Å²) < 4.78 is 0. The summed E-state index contributed by atoms with van der Waals surface area (Å²) in [7, 11) is 2.11. The summed E-state index contributed by atoms with van der Waals surface area (Å²) in [5.74, 6) is -0.0924. The molecule has 26 heavy (non-hydrogen) atoms. The molecular weight excluding hydrogens is 326 g/mol. The number of primary amides is 1. The molecule has 2 N–H and O–H groups in total. The van der Waals surface area contributed by atoms with E-state index in [1.54, 1.807) is 0 Å². The maximum absolute atomic E-state index is 13.8. The minimum absolute atomic E-state index is 0.176. The monoisotopic (exact) mass is 357 g/mol. The first-order valence-corrected chi connectivity index (χ1v) is 9.77. The topological polar surface area (TPSA) is 66.6 Å². The smallest absolute Gasteiger partial charge is 0.233 e. The lowest BCUT2D eigenvalue weighted by Gasteiger charge is -2.47. The number of piperidine rings is 2. The van der Waals surface area contributed by atoms with E-state index in [0.29, 0.717) is 13.0 Å². The number of benzene rings is 1. The molecule has 1 aromatic rings. The molecule has 0 aliphatic carbocycles. The predicted octanol–water partition coefficient (Wildman–Crippen LogP) is 2.15. The van der Waals surface area contributed by atoms with Gasteiger partial charge in [-0.1, -0.05) is 37.3 Å². The minimum Gasteiger partial charge on any atom is -0.369 e. The van der Waals surface area contributed by atoms with Crippen LogP contribution in [0.3, 0.4) is 0 Å². The Morgan fingerprint density at radius 3 is 2.31 bits per heavy atom. The molecule has 0 radical (unpaired) electrons. The number of nitrogens with two attached hydrogens (primary N) is 1. The molecule has 0 saturated carbocycles. The number of rotatable bonds is 4. The number of likely N-dealkylation sites (tertiary alicyclic amines) is 2. The van der Waals surface area contributed by atoms with Crippen LogP contribution in [0.1, 0.15) is 44.6 Å². The molecular formula is C21H31N3O2. The molecule has 142 valence electrons. The van der Waals surface area contributed by atoms with E-state index in [2.05, 4.69) is 24.1 Å². The van der Waals surface area contributed by atoms with Gasteiger partial charge in [0.15, 0.2) is 0 Å². The van der Waals surface area contributed by atoms with Gasteiger partial charge in [-0.3, -0.25) is 9.59 Å². The molecule has 2 aliphatic heterocycles. The van der Waals surface area contributed by atoms with E-state index >= 15 is 0 Å². The van der Waals surface area contributed by atoms with Crippen molar-refractivity contribution < 1.29 is 9.59 Å². The molecule has 2 aliphatic rings. The van der Waals surface area contributed by atoms with Crippen LogP contribution in [0.25, 0.3) is 0 Å². The van der Waals surface area contributed by atoms with Gasteiger partial charge in [-0.2, -0.15) is 0 Å². The first kappa shape index (κ1) is 18.9. The van der Waals surface area contributed by atoms with Crippen molar-refractivity contribution in [1.82, 2.24) is 9.80 Å². The lowest BCUT2D eigenvalue weighted by Crippen LogP contribution is -2.58. The molecule has 0 unspecified atom stereocenters. The Morgan fingerprint density at radius 2 is 1.73 bits per heavy atom. The van der Waals surface area contributed by atoms with E-state index < -0.39 is 10.8 Å². The normalized spacial score (nSPS) is 26.5.